The molecule has 1 saturated heterocycles. The van der Waals surface area contributed by atoms with Crippen LogP contribution in [0.3, 0.4) is 0 Å². The van der Waals surface area contributed by atoms with Gasteiger partial charge in [0.1, 0.15) is 18.1 Å². The van der Waals surface area contributed by atoms with Crippen molar-refractivity contribution in [2.45, 2.75) is 29.7 Å². The van der Waals surface area contributed by atoms with Gasteiger partial charge in [-0.05, 0) is 72.1 Å². The number of aliphatic hydroxyl groups is 1. The predicted octanol–water partition coefficient (Wildman–Crippen LogP) is 8.05. The van der Waals surface area contributed by atoms with Crippen molar-refractivity contribution < 1.29 is 19.4 Å². The molecule has 12 heteroatoms. The molecule has 6 rings (SSSR count). The predicted molar refractivity (Wildman–Crippen MR) is 177 cm³/mol. The zero-order valence-corrected chi connectivity index (χ0v) is 26.8. The van der Waals surface area contributed by atoms with Crippen molar-refractivity contribution in [1.29, 1.82) is 0 Å². The van der Waals surface area contributed by atoms with Gasteiger partial charge in [0.25, 0.3) is 5.78 Å². The second kappa shape index (κ2) is 13.4. The first-order chi connectivity index (χ1) is 21.8. The van der Waals surface area contributed by atoms with Crippen molar-refractivity contribution >= 4 is 68.9 Å². The smallest absolute Gasteiger partial charge is 0.301 e. The van der Waals surface area contributed by atoms with E-state index in [4.69, 9.17) is 27.9 Å². The standard InChI is InChI=1S/C33H24Cl2N4O4S2/c1-19-3-2-4-20(15-19)17-43-25-9-6-22(7-10-25)29(40)27-28(21-11-13-36-14-12-21)39(31(42)30(27)41)32-37-38-33(45-32)44-18-23-5-8-24(34)16-26(23)35/h2-16,28,40H,17-18H2,1H3/b29-27+. The van der Waals surface area contributed by atoms with Crippen LogP contribution in [0.2, 0.25) is 10.0 Å². The summed E-state index contributed by atoms with van der Waals surface area (Å²) in [7, 11) is 0. The first kappa shape index (κ1) is 30.8. The number of halogens is 2. The second-order valence-corrected chi connectivity index (χ2v) is 13.1. The number of amides is 1. The van der Waals surface area contributed by atoms with Gasteiger partial charge in [0.15, 0.2) is 4.34 Å². The molecule has 1 aliphatic rings. The topological polar surface area (TPSA) is 106 Å². The Morgan fingerprint density at radius 3 is 2.51 bits per heavy atom. The number of carbonyl (C=O) groups excluding carboxylic acids is 2. The molecule has 0 aliphatic carbocycles. The fourth-order valence-electron chi connectivity index (χ4n) is 4.86. The molecule has 8 nitrogen and oxygen atoms in total. The van der Waals surface area contributed by atoms with E-state index in [2.05, 4.69) is 15.2 Å². The van der Waals surface area contributed by atoms with Crippen molar-refractivity contribution in [3.8, 4) is 5.75 Å². The lowest BCUT2D eigenvalue weighted by molar-refractivity contribution is -0.132. The molecule has 0 bridgehead atoms. The number of pyridine rings is 1. The van der Waals surface area contributed by atoms with E-state index in [1.165, 1.54) is 28.0 Å². The molecule has 1 aliphatic heterocycles. The Kier molecular flexibility index (Phi) is 9.18. The monoisotopic (exact) mass is 674 g/mol. The van der Waals surface area contributed by atoms with Gasteiger partial charge in [-0.25, -0.2) is 0 Å². The fraction of sp³-hybridized carbons (Fsp3) is 0.121. The Morgan fingerprint density at radius 2 is 1.78 bits per heavy atom. The summed E-state index contributed by atoms with van der Waals surface area (Å²) in [4.78, 5) is 32.3. The number of ether oxygens (including phenoxy) is 1. The third-order valence-electron chi connectivity index (χ3n) is 7.05. The third kappa shape index (κ3) is 6.74. The van der Waals surface area contributed by atoms with E-state index in [0.29, 0.717) is 43.6 Å². The molecule has 1 unspecified atom stereocenters. The van der Waals surface area contributed by atoms with E-state index in [-0.39, 0.29) is 16.5 Å². The van der Waals surface area contributed by atoms with Crippen LogP contribution in [0, 0.1) is 6.92 Å². The average Bonchev–Trinajstić information content (AvgIpc) is 3.61. The number of ketones is 1. The van der Waals surface area contributed by atoms with Crippen molar-refractivity contribution in [1.82, 2.24) is 15.2 Å². The van der Waals surface area contributed by atoms with E-state index >= 15 is 0 Å². The van der Waals surface area contributed by atoms with Gasteiger partial charge in [0.2, 0.25) is 5.13 Å². The molecule has 45 heavy (non-hydrogen) atoms. The normalized spacial score (nSPS) is 15.9. The van der Waals surface area contributed by atoms with Crippen LogP contribution < -0.4 is 9.64 Å². The number of benzene rings is 3. The highest BCUT2D eigenvalue weighted by Gasteiger charge is 2.48. The van der Waals surface area contributed by atoms with Crippen LogP contribution in [0.5, 0.6) is 5.75 Å². The first-order valence-corrected chi connectivity index (χ1v) is 16.2. The van der Waals surface area contributed by atoms with Crippen LogP contribution in [0.25, 0.3) is 5.76 Å². The summed E-state index contributed by atoms with van der Waals surface area (Å²) in [5, 5.41) is 21.3. The van der Waals surface area contributed by atoms with Crippen LogP contribution in [0.15, 0.2) is 101 Å². The SMILES string of the molecule is Cc1cccc(COc2ccc(/C(O)=C3\C(=O)C(=O)N(c4nnc(SCc5ccc(Cl)cc5Cl)s4)C3c3ccncc3)cc2)c1. The fourth-order valence-corrected chi connectivity index (χ4v) is 7.29. The zero-order valence-electron chi connectivity index (χ0n) is 23.7. The van der Waals surface area contributed by atoms with Crippen LogP contribution in [-0.4, -0.2) is 32.0 Å². The number of nitrogens with zero attached hydrogens (tertiary/aromatic N) is 4. The number of thioether (sulfide) groups is 1. The van der Waals surface area contributed by atoms with Crippen LogP contribution >= 0.6 is 46.3 Å². The number of aromatic nitrogens is 3. The van der Waals surface area contributed by atoms with Crippen LogP contribution in [0.4, 0.5) is 5.13 Å². The molecular formula is C33H24Cl2N4O4S2. The summed E-state index contributed by atoms with van der Waals surface area (Å²) in [5.74, 6) is -0.851. The quantitative estimate of drug-likeness (QED) is 0.0550. The lowest BCUT2D eigenvalue weighted by atomic mass is 9.96. The highest BCUT2D eigenvalue weighted by Crippen LogP contribution is 2.44. The van der Waals surface area contributed by atoms with E-state index in [1.807, 2.05) is 37.3 Å². The Balaban J connectivity index is 1.28. The summed E-state index contributed by atoms with van der Waals surface area (Å²) in [6.45, 7) is 2.40. The second-order valence-electron chi connectivity index (χ2n) is 10.1. The molecule has 3 aromatic carbocycles. The Hall–Kier alpha value is -4.22. The van der Waals surface area contributed by atoms with Gasteiger partial charge in [-0.1, -0.05) is 82.2 Å². The van der Waals surface area contributed by atoms with E-state index < -0.39 is 17.7 Å². The number of Topliss-reactive ketones (excluding diaryl/α,β-unsaturated/α-hetero) is 1. The van der Waals surface area contributed by atoms with Gasteiger partial charge in [-0.2, -0.15) is 0 Å². The summed E-state index contributed by atoms with van der Waals surface area (Å²) in [6.07, 6.45) is 3.13. The Morgan fingerprint density at radius 1 is 1.00 bits per heavy atom. The number of hydrogen-bond donors (Lipinski definition) is 1. The summed E-state index contributed by atoms with van der Waals surface area (Å²) < 4.78 is 6.49. The number of hydrogen-bond acceptors (Lipinski definition) is 9. The van der Waals surface area contributed by atoms with Gasteiger partial charge < -0.3 is 9.84 Å². The molecule has 1 fully saturated rings. The van der Waals surface area contributed by atoms with E-state index in [9.17, 15) is 14.7 Å². The number of aryl methyl sites for hydroxylation is 1. The van der Waals surface area contributed by atoms with E-state index in [0.717, 1.165) is 16.7 Å². The summed E-state index contributed by atoms with van der Waals surface area (Å²) >= 11 is 14.9. The van der Waals surface area contributed by atoms with Crippen LogP contribution in [0.1, 0.15) is 33.9 Å². The molecule has 0 spiro atoms. The van der Waals surface area contributed by atoms with Gasteiger partial charge in [0, 0.05) is 33.8 Å². The van der Waals surface area contributed by atoms with Crippen molar-refractivity contribution in [2.24, 2.45) is 0 Å². The summed E-state index contributed by atoms with van der Waals surface area (Å²) in [5.41, 5.74) is 3.93. The minimum atomic E-state index is -0.943. The van der Waals surface area contributed by atoms with Gasteiger partial charge in [0.05, 0.1) is 11.6 Å². The molecule has 1 N–H and O–H groups in total. The maximum absolute atomic E-state index is 13.5. The Labute approximate surface area is 277 Å². The lowest BCUT2D eigenvalue weighted by Gasteiger charge is -2.22. The van der Waals surface area contributed by atoms with E-state index in [1.54, 1.807) is 60.9 Å². The molecule has 1 amide bonds. The molecule has 2 aromatic heterocycles. The molecule has 0 saturated carbocycles. The molecule has 226 valence electrons. The first-order valence-electron chi connectivity index (χ1n) is 13.7. The highest BCUT2D eigenvalue weighted by molar-refractivity contribution is 8.00. The molecular weight excluding hydrogens is 651 g/mol. The minimum Gasteiger partial charge on any atom is -0.507 e. The molecule has 5 aromatic rings. The largest absolute Gasteiger partial charge is 0.507 e. The zero-order chi connectivity index (χ0) is 31.5. The third-order valence-corrected chi connectivity index (χ3v) is 9.74. The van der Waals surface area contributed by atoms with Crippen molar-refractivity contribution in [2.75, 3.05) is 4.90 Å². The number of rotatable bonds is 9. The molecule has 0 radical (unpaired) electrons. The number of anilines is 1. The van der Waals surface area contributed by atoms with Gasteiger partial charge in [-0.3, -0.25) is 19.5 Å². The van der Waals surface area contributed by atoms with Crippen LogP contribution in [-0.2, 0) is 21.9 Å². The maximum atomic E-state index is 13.5. The minimum absolute atomic E-state index is 0.0584. The van der Waals surface area contributed by atoms with Crippen molar-refractivity contribution in [3.05, 3.63) is 135 Å². The number of aliphatic hydroxyl groups excluding tert-OH is 1. The maximum Gasteiger partial charge on any atom is 0.301 e. The van der Waals surface area contributed by atoms with Crippen molar-refractivity contribution in [3.63, 3.8) is 0 Å². The molecule has 3 heterocycles. The van der Waals surface area contributed by atoms with Gasteiger partial charge in [-0.15, -0.1) is 10.2 Å². The summed E-state index contributed by atoms with van der Waals surface area (Å²) in [6, 6.07) is 22.5. The molecule has 1 atom stereocenters. The average molecular weight is 676 g/mol. The lowest BCUT2D eigenvalue weighted by Crippen LogP contribution is -2.29. The number of carbonyl (C=O) groups is 2. The van der Waals surface area contributed by atoms with Gasteiger partial charge >= 0.3 is 5.91 Å². The highest BCUT2D eigenvalue weighted by atomic mass is 35.5. The Bertz CT molecular complexity index is 1920.